The molecule has 0 saturated heterocycles. The average molecular weight is 256 g/mol. The molecule has 0 bridgehead atoms. The maximum absolute atomic E-state index is 8.97. The van der Waals surface area contributed by atoms with E-state index in [1.807, 2.05) is 0 Å². The van der Waals surface area contributed by atoms with Gasteiger partial charge in [-0.1, -0.05) is 64.5 Å². The fourth-order valence-electron chi connectivity index (χ4n) is 1.44. The maximum atomic E-state index is 8.97. The third-order valence-electron chi connectivity index (χ3n) is 2.75. The molecule has 2 unspecified atom stereocenters. The van der Waals surface area contributed by atoms with E-state index in [0.717, 1.165) is 25.7 Å². The first-order chi connectivity index (χ1) is 8.62. The molecule has 0 heterocycles. The van der Waals surface area contributed by atoms with E-state index in [1.54, 1.807) is 12.2 Å². The van der Waals surface area contributed by atoms with Crippen LogP contribution in [-0.2, 0) is 0 Å². The first-order valence-electron chi connectivity index (χ1n) is 7.23. The Morgan fingerprint density at radius 1 is 0.778 bits per heavy atom. The Hall–Kier alpha value is -0.600. The molecule has 0 fully saturated rings. The number of hydrogen-bond acceptors (Lipinski definition) is 2. The summed E-state index contributed by atoms with van der Waals surface area (Å²) < 4.78 is 0. The minimum atomic E-state index is -0.281. The number of unbranched alkanes of at least 4 members (excludes halogenated alkanes) is 4. The van der Waals surface area contributed by atoms with Crippen LogP contribution in [0.5, 0.6) is 0 Å². The average Bonchev–Trinajstić information content (AvgIpc) is 2.39. The molecule has 2 nitrogen and oxygen atoms in total. The largest absolute Gasteiger partial charge is 0.389 e. The Balaban J connectivity index is 0. The van der Waals surface area contributed by atoms with Gasteiger partial charge in [0.1, 0.15) is 0 Å². The molecule has 2 N–H and O–H groups in total. The van der Waals surface area contributed by atoms with Gasteiger partial charge >= 0.3 is 0 Å². The zero-order valence-corrected chi connectivity index (χ0v) is 12.3. The van der Waals surface area contributed by atoms with Gasteiger partial charge in [0.25, 0.3) is 0 Å². The summed E-state index contributed by atoms with van der Waals surface area (Å²) in [6, 6.07) is 0. The van der Waals surface area contributed by atoms with Crippen LogP contribution in [0.25, 0.3) is 0 Å². The molecule has 0 amide bonds. The van der Waals surface area contributed by atoms with Crippen molar-refractivity contribution in [2.45, 2.75) is 77.4 Å². The second-order valence-electron chi connectivity index (χ2n) is 4.60. The molecular formula is C16H32O2. The standard InChI is InChI=1S/2C8H16O/c2*1-3-5-6-7-8(9)4-2/h2*4,8-9H,2-3,5-7H2,1H3. The highest BCUT2D eigenvalue weighted by atomic mass is 16.3. The van der Waals surface area contributed by atoms with Crippen molar-refractivity contribution in [3.05, 3.63) is 25.3 Å². The lowest BCUT2D eigenvalue weighted by molar-refractivity contribution is 0.208. The molecular weight excluding hydrogens is 224 g/mol. The Kier molecular flexibility index (Phi) is 18.0. The first-order valence-corrected chi connectivity index (χ1v) is 7.23. The van der Waals surface area contributed by atoms with E-state index < -0.39 is 0 Å². The highest BCUT2D eigenvalue weighted by Crippen LogP contribution is 2.03. The topological polar surface area (TPSA) is 40.5 Å². The Labute approximate surface area is 113 Å². The number of hydrogen-bond donors (Lipinski definition) is 2. The van der Waals surface area contributed by atoms with Gasteiger partial charge in [-0.25, -0.2) is 0 Å². The van der Waals surface area contributed by atoms with Gasteiger partial charge in [0.2, 0.25) is 0 Å². The summed E-state index contributed by atoms with van der Waals surface area (Å²) in [6.45, 7) is 11.3. The summed E-state index contributed by atoms with van der Waals surface area (Å²) in [5.41, 5.74) is 0. The molecule has 0 aliphatic rings. The van der Waals surface area contributed by atoms with Crippen LogP contribution in [0.3, 0.4) is 0 Å². The molecule has 0 aliphatic heterocycles. The van der Waals surface area contributed by atoms with E-state index in [9.17, 15) is 0 Å². The summed E-state index contributed by atoms with van der Waals surface area (Å²) >= 11 is 0. The van der Waals surface area contributed by atoms with Crippen molar-refractivity contribution in [3.63, 3.8) is 0 Å². The van der Waals surface area contributed by atoms with Crippen LogP contribution in [0, 0.1) is 0 Å². The first kappa shape index (κ1) is 19.7. The smallest absolute Gasteiger partial charge is 0.0718 e. The van der Waals surface area contributed by atoms with Gasteiger partial charge in [-0.15, -0.1) is 13.2 Å². The second-order valence-corrected chi connectivity index (χ2v) is 4.60. The van der Waals surface area contributed by atoms with Gasteiger partial charge in [-0.05, 0) is 12.8 Å². The van der Waals surface area contributed by atoms with Gasteiger partial charge < -0.3 is 10.2 Å². The van der Waals surface area contributed by atoms with Crippen molar-refractivity contribution in [2.24, 2.45) is 0 Å². The normalized spacial score (nSPS) is 13.1. The van der Waals surface area contributed by atoms with Crippen LogP contribution >= 0.6 is 0 Å². The fourth-order valence-corrected chi connectivity index (χ4v) is 1.44. The Bertz CT molecular complexity index is 158. The third-order valence-corrected chi connectivity index (χ3v) is 2.75. The molecule has 0 saturated carbocycles. The quantitative estimate of drug-likeness (QED) is 0.453. The maximum Gasteiger partial charge on any atom is 0.0718 e. The van der Waals surface area contributed by atoms with E-state index in [4.69, 9.17) is 10.2 Å². The van der Waals surface area contributed by atoms with E-state index in [1.165, 1.54) is 25.7 Å². The Morgan fingerprint density at radius 2 is 1.11 bits per heavy atom. The van der Waals surface area contributed by atoms with Crippen LogP contribution in [0.15, 0.2) is 25.3 Å². The molecule has 2 atom stereocenters. The van der Waals surface area contributed by atoms with Gasteiger partial charge in [-0.2, -0.15) is 0 Å². The molecule has 0 rings (SSSR count). The van der Waals surface area contributed by atoms with Gasteiger partial charge in [-0.3, -0.25) is 0 Å². The van der Waals surface area contributed by atoms with E-state index in [2.05, 4.69) is 27.0 Å². The monoisotopic (exact) mass is 256 g/mol. The molecule has 0 aromatic heterocycles. The lowest BCUT2D eigenvalue weighted by atomic mass is 10.1. The number of rotatable bonds is 10. The Morgan fingerprint density at radius 3 is 1.33 bits per heavy atom. The third kappa shape index (κ3) is 17.8. The minimum absolute atomic E-state index is 0.281. The van der Waals surface area contributed by atoms with E-state index in [0.29, 0.717) is 0 Å². The highest BCUT2D eigenvalue weighted by molar-refractivity contribution is 4.77. The van der Waals surface area contributed by atoms with Crippen molar-refractivity contribution < 1.29 is 10.2 Å². The molecule has 0 aromatic rings. The summed E-state index contributed by atoms with van der Waals surface area (Å²) in [4.78, 5) is 0. The van der Waals surface area contributed by atoms with Crippen LogP contribution in [0.4, 0.5) is 0 Å². The predicted octanol–water partition coefficient (Wildman–Crippen LogP) is 4.23. The van der Waals surface area contributed by atoms with Gasteiger partial charge in [0, 0.05) is 0 Å². The van der Waals surface area contributed by atoms with E-state index >= 15 is 0 Å². The zero-order chi connectivity index (χ0) is 14.2. The van der Waals surface area contributed by atoms with Crippen molar-refractivity contribution in [3.8, 4) is 0 Å². The highest BCUT2D eigenvalue weighted by Gasteiger charge is 1.95. The summed E-state index contributed by atoms with van der Waals surface area (Å²) in [5.74, 6) is 0. The number of aliphatic hydroxyl groups is 2. The SMILES string of the molecule is C=CC(O)CCCCC.C=CC(O)CCCCC. The molecule has 0 spiro atoms. The molecule has 0 aromatic carbocycles. The number of aliphatic hydroxyl groups excluding tert-OH is 2. The van der Waals surface area contributed by atoms with Crippen molar-refractivity contribution >= 4 is 0 Å². The molecule has 2 heteroatoms. The molecule has 0 radical (unpaired) electrons. The summed E-state index contributed by atoms with van der Waals surface area (Å²) in [7, 11) is 0. The summed E-state index contributed by atoms with van der Waals surface area (Å²) in [6.07, 6.45) is 11.4. The molecule has 18 heavy (non-hydrogen) atoms. The van der Waals surface area contributed by atoms with Crippen LogP contribution < -0.4 is 0 Å². The molecule has 108 valence electrons. The predicted molar refractivity (Wildman–Crippen MR) is 80.7 cm³/mol. The lowest BCUT2D eigenvalue weighted by Gasteiger charge is -2.01. The van der Waals surface area contributed by atoms with Gasteiger partial charge in [0.15, 0.2) is 0 Å². The van der Waals surface area contributed by atoms with Crippen molar-refractivity contribution in [1.29, 1.82) is 0 Å². The lowest BCUT2D eigenvalue weighted by Crippen LogP contribution is -1.99. The van der Waals surface area contributed by atoms with E-state index in [-0.39, 0.29) is 12.2 Å². The van der Waals surface area contributed by atoms with Crippen LogP contribution in [-0.4, -0.2) is 22.4 Å². The van der Waals surface area contributed by atoms with Gasteiger partial charge in [0.05, 0.1) is 12.2 Å². The van der Waals surface area contributed by atoms with Crippen LogP contribution in [0.2, 0.25) is 0 Å². The van der Waals surface area contributed by atoms with Crippen molar-refractivity contribution in [2.75, 3.05) is 0 Å². The minimum Gasteiger partial charge on any atom is -0.389 e. The fraction of sp³-hybridized carbons (Fsp3) is 0.750. The molecule has 0 aliphatic carbocycles. The zero-order valence-electron chi connectivity index (χ0n) is 12.3. The van der Waals surface area contributed by atoms with Crippen LogP contribution in [0.1, 0.15) is 65.2 Å². The summed E-state index contributed by atoms with van der Waals surface area (Å²) in [5, 5.41) is 17.9. The second kappa shape index (κ2) is 16.4. The van der Waals surface area contributed by atoms with Crippen molar-refractivity contribution in [1.82, 2.24) is 0 Å².